The van der Waals surface area contributed by atoms with Crippen LogP contribution < -0.4 is 10.9 Å². The van der Waals surface area contributed by atoms with E-state index >= 15 is 0 Å². The third kappa shape index (κ3) is 5.37. The Morgan fingerprint density at radius 1 is 1.18 bits per heavy atom. The number of hydrogen-bond donors (Lipinski definition) is 2. The van der Waals surface area contributed by atoms with E-state index in [1.807, 2.05) is 0 Å². The highest BCUT2D eigenvalue weighted by Gasteiger charge is 2.29. The molecule has 3 rings (SSSR count). The number of rotatable bonds is 6. The van der Waals surface area contributed by atoms with Crippen molar-refractivity contribution in [3.63, 3.8) is 0 Å². The molecule has 0 radical (unpaired) electrons. The van der Waals surface area contributed by atoms with Crippen LogP contribution in [0.5, 0.6) is 0 Å². The van der Waals surface area contributed by atoms with Gasteiger partial charge in [-0.15, -0.1) is 0 Å². The van der Waals surface area contributed by atoms with Crippen molar-refractivity contribution in [1.29, 1.82) is 0 Å². The summed E-state index contributed by atoms with van der Waals surface area (Å²) in [7, 11) is 0. The Kier molecular flexibility index (Phi) is 6.43. The summed E-state index contributed by atoms with van der Waals surface area (Å²) in [5, 5.41) is 3.14. The van der Waals surface area contributed by atoms with E-state index < -0.39 is 11.7 Å². The van der Waals surface area contributed by atoms with Gasteiger partial charge in [0.1, 0.15) is 0 Å². The van der Waals surface area contributed by atoms with Crippen molar-refractivity contribution in [3.05, 3.63) is 51.4 Å². The quantitative estimate of drug-likeness (QED) is 0.425. The van der Waals surface area contributed by atoms with Crippen LogP contribution in [0.3, 0.4) is 0 Å². The highest BCUT2D eigenvalue weighted by Crippen LogP contribution is 2.29. The van der Waals surface area contributed by atoms with Gasteiger partial charge in [0.15, 0.2) is 5.16 Å². The number of aromatic nitrogens is 2. The van der Waals surface area contributed by atoms with Crippen LogP contribution in [-0.4, -0.2) is 21.6 Å². The largest absolute Gasteiger partial charge is 0.416 e. The molecule has 2 aromatic rings. The maximum atomic E-state index is 12.5. The predicted octanol–water partition coefficient (Wildman–Crippen LogP) is 4.18. The molecule has 0 aliphatic heterocycles. The van der Waals surface area contributed by atoms with Crippen molar-refractivity contribution >= 4 is 23.4 Å². The van der Waals surface area contributed by atoms with Gasteiger partial charge in [-0.1, -0.05) is 11.8 Å². The molecule has 1 aromatic heterocycles. The van der Waals surface area contributed by atoms with E-state index in [0.717, 1.165) is 49.1 Å². The Morgan fingerprint density at radius 3 is 2.61 bits per heavy atom. The number of halogens is 3. The first-order chi connectivity index (χ1) is 13.3. The molecular weight excluding hydrogens is 391 g/mol. The number of nitrogens with zero attached hydrogens (tertiary/aromatic N) is 1. The molecule has 0 atom stereocenters. The molecule has 28 heavy (non-hydrogen) atoms. The number of aromatic amines is 1. The number of anilines is 1. The second-order valence-corrected chi connectivity index (χ2v) is 7.66. The summed E-state index contributed by atoms with van der Waals surface area (Å²) in [6, 6.07) is 4.33. The molecule has 5 nitrogen and oxygen atoms in total. The Hall–Kier alpha value is -2.29. The molecule has 1 heterocycles. The third-order valence-electron chi connectivity index (χ3n) is 4.45. The highest BCUT2D eigenvalue weighted by molar-refractivity contribution is 7.99. The molecule has 0 spiro atoms. The number of amides is 1. The third-order valence-corrected chi connectivity index (χ3v) is 5.41. The van der Waals surface area contributed by atoms with E-state index in [9.17, 15) is 22.8 Å². The van der Waals surface area contributed by atoms with Gasteiger partial charge < -0.3 is 10.3 Å². The predicted molar refractivity (Wildman–Crippen MR) is 102 cm³/mol. The molecule has 9 heteroatoms. The number of carbonyl (C=O) groups is 1. The molecule has 0 saturated heterocycles. The van der Waals surface area contributed by atoms with Gasteiger partial charge >= 0.3 is 6.18 Å². The van der Waals surface area contributed by atoms with Crippen molar-refractivity contribution in [3.8, 4) is 0 Å². The summed E-state index contributed by atoms with van der Waals surface area (Å²) in [4.78, 5) is 31.3. The summed E-state index contributed by atoms with van der Waals surface area (Å²) in [5.41, 5.74) is 1.15. The first kappa shape index (κ1) is 20.4. The maximum absolute atomic E-state index is 12.5. The van der Waals surface area contributed by atoms with Crippen molar-refractivity contribution < 1.29 is 18.0 Å². The molecular formula is C19H20F3N3O2S. The summed E-state index contributed by atoms with van der Waals surface area (Å²) >= 11 is 1.39. The van der Waals surface area contributed by atoms with Crippen molar-refractivity contribution in [2.45, 2.75) is 49.9 Å². The lowest BCUT2D eigenvalue weighted by molar-refractivity contribution is -0.137. The molecule has 0 fully saturated rings. The lowest BCUT2D eigenvalue weighted by Gasteiger charge is -2.14. The zero-order valence-electron chi connectivity index (χ0n) is 15.1. The topological polar surface area (TPSA) is 74.8 Å². The van der Waals surface area contributed by atoms with E-state index in [1.54, 1.807) is 0 Å². The highest BCUT2D eigenvalue weighted by atomic mass is 32.2. The Balaban J connectivity index is 1.44. The van der Waals surface area contributed by atoms with Crippen LogP contribution in [-0.2, 0) is 23.8 Å². The van der Waals surface area contributed by atoms with Crippen LogP contribution in [0.4, 0.5) is 18.9 Å². The molecule has 0 bridgehead atoms. The lowest BCUT2D eigenvalue weighted by Crippen LogP contribution is -2.21. The number of hydrogen-bond acceptors (Lipinski definition) is 4. The van der Waals surface area contributed by atoms with E-state index in [0.29, 0.717) is 23.0 Å². The molecule has 1 aromatic carbocycles. The number of benzene rings is 1. The molecule has 2 N–H and O–H groups in total. The van der Waals surface area contributed by atoms with Crippen LogP contribution in [0.25, 0.3) is 0 Å². The van der Waals surface area contributed by atoms with E-state index in [2.05, 4.69) is 15.3 Å². The van der Waals surface area contributed by atoms with Gasteiger partial charge in [-0.3, -0.25) is 9.59 Å². The van der Waals surface area contributed by atoms with Gasteiger partial charge in [0.2, 0.25) is 5.91 Å². The minimum absolute atomic E-state index is 0.0766. The number of nitrogens with one attached hydrogen (secondary N) is 2. The van der Waals surface area contributed by atoms with Crippen LogP contribution in [0.1, 0.15) is 42.5 Å². The number of alkyl halides is 3. The fourth-order valence-electron chi connectivity index (χ4n) is 3.02. The molecule has 1 aliphatic rings. The minimum Gasteiger partial charge on any atom is -0.326 e. The SMILES string of the molecule is O=C(CCCSc1nc2c(c(=O)[nH]1)CCCC2)Nc1ccc(C(F)(F)F)cc1. The molecule has 1 amide bonds. The van der Waals surface area contributed by atoms with Crippen molar-refractivity contribution in [2.24, 2.45) is 0 Å². The zero-order valence-corrected chi connectivity index (χ0v) is 15.9. The van der Waals surface area contributed by atoms with Crippen molar-refractivity contribution in [1.82, 2.24) is 9.97 Å². The smallest absolute Gasteiger partial charge is 0.326 e. The van der Waals surface area contributed by atoms with E-state index in [4.69, 9.17) is 0 Å². The number of thioether (sulfide) groups is 1. The fourth-order valence-corrected chi connectivity index (χ4v) is 3.84. The Bertz CT molecular complexity index is 895. The normalized spacial score (nSPS) is 13.8. The van der Waals surface area contributed by atoms with Gasteiger partial charge in [-0.25, -0.2) is 4.98 Å². The second-order valence-electron chi connectivity index (χ2n) is 6.58. The van der Waals surface area contributed by atoms with E-state index in [1.165, 1.54) is 23.9 Å². The van der Waals surface area contributed by atoms with E-state index in [-0.39, 0.29) is 17.9 Å². The number of H-pyrrole nitrogens is 1. The number of aryl methyl sites for hydroxylation is 1. The molecule has 0 unspecified atom stereocenters. The van der Waals surface area contributed by atoms with Crippen LogP contribution in [0.15, 0.2) is 34.2 Å². The first-order valence-electron chi connectivity index (χ1n) is 9.05. The van der Waals surface area contributed by atoms with Crippen molar-refractivity contribution in [2.75, 3.05) is 11.1 Å². The average Bonchev–Trinajstić information content (AvgIpc) is 2.65. The number of fused-ring (bicyclic) bond motifs is 1. The van der Waals surface area contributed by atoms with Crippen LogP contribution in [0.2, 0.25) is 0 Å². The molecule has 0 saturated carbocycles. The van der Waals surface area contributed by atoms with Gasteiger partial charge in [0.05, 0.1) is 11.3 Å². The first-order valence-corrected chi connectivity index (χ1v) is 10.0. The zero-order chi connectivity index (χ0) is 20.1. The molecule has 150 valence electrons. The van der Waals surface area contributed by atoms with Gasteiger partial charge in [-0.05, 0) is 56.4 Å². The minimum atomic E-state index is -4.40. The Labute approximate surface area is 164 Å². The van der Waals surface area contributed by atoms with Crippen LogP contribution in [0, 0.1) is 0 Å². The maximum Gasteiger partial charge on any atom is 0.416 e. The average molecular weight is 411 g/mol. The second kappa shape index (κ2) is 8.81. The fraction of sp³-hybridized carbons (Fsp3) is 0.421. The van der Waals surface area contributed by atoms with Crippen LogP contribution >= 0.6 is 11.8 Å². The molecule has 1 aliphatic carbocycles. The lowest BCUT2D eigenvalue weighted by atomic mass is 9.97. The van der Waals surface area contributed by atoms with Gasteiger partial charge in [0.25, 0.3) is 5.56 Å². The summed E-state index contributed by atoms with van der Waals surface area (Å²) in [5.74, 6) is 0.328. The summed E-state index contributed by atoms with van der Waals surface area (Å²) in [6.07, 6.45) is 0.0254. The van der Waals surface area contributed by atoms with Gasteiger partial charge in [-0.2, -0.15) is 13.2 Å². The monoisotopic (exact) mass is 411 g/mol. The Morgan fingerprint density at radius 2 is 1.89 bits per heavy atom. The standard InChI is InChI=1S/C19H20F3N3O2S/c20-19(21,22)12-7-9-13(10-8-12)23-16(26)6-3-11-28-18-24-15-5-2-1-4-14(15)17(27)25-18/h7-10H,1-6,11H2,(H,23,26)(H,24,25,27). The van der Waals surface area contributed by atoms with Gasteiger partial charge in [0, 0.05) is 23.4 Å². The summed E-state index contributed by atoms with van der Waals surface area (Å²) < 4.78 is 37.6. The summed E-state index contributed by atoms with van der Waals surface area (Å²) in [6.45, 7) is 0. The number of carbonyl (C=O) groups excluding carboxylic acids is 1.